The third-order valence-electron chi connectivity index (χ3n) is 3.67. The van der Waals surface area contributed by atoms with E-state index in [2.05, 4.69) is 5.32 Å². The van der Waals surface area contributed by atoms with Gasteiger partial charge in [0.15, 0.2) is 0 Å². The molecule has 1 fully saturated rings. The lowest BCUT2D eigenvalue weighted by molar-refractivity contribution is -0.138. The second kappa shape index (κ2) is 4.45. The molecule has 1 aliphatic heterocycles. The van der Waals surface area contributed by atoms with Gasteiger partial charge in [0.1, 0.15) is 5.82 Å². The number of halogens is 1. The SMILES string of the molecule is CC1(c2ccc(F)cc2)NCCC1CC(=O)O. The van der Waals surface area contributed by atoms with Gasteiger partial charge in [0.05, 0.1) is 6.42 Å². The van der Waals surface area contributed by atoms with Gasteiger partial charge in [-0.15, -0.1) is 0 Å². The van der Waals surface area contributed by atoms with E-state index in [4.69, 9.17) is 5.11 Å². The lowest BCUT2D eigenvalue weighted by Crippen LogP contribution is -2.39. The second-order valence-electron chi connectivity index (χ2n) is 4.72. The Kier molecular flexibility index (Phi) is 3.15. The average Bonchev–Trinajstić information content (AvgIpc) is 2.61. The van der Waals surface area contributed by atoms with Gasteiger partial charge in [-0.25, -0.2) is 4.39 Å². The molecule has 4 heteroatoms. The molecule has 2 unspecified atom stereocenters. The first kappa shape index (κ1) is 12.0. The maximum Gasteiger partial charge on any atom is 0.303 e. The molecule has 2 rings (SSSR count). The van der Waals surface area contributed by atoms with Gasteiger partial charge < -0.3 is 10.4 Å². The smallest absolute Gasteiger partial charge is 0.303 e. The molecule has 0 radical (unpaired) electrons. The number of hydrogen-bond donors (Lipinski definition) is 2. The minimum atomic E-state index is -0.785. The van der Waals surface area contributed by atoms with Crippen molar-refractivity contribution >= 4 is 5.97 Å². The van der Waals surface area contributed by atoms with Gasteiger partial charge in [0.25, 0.3) is 0 Å². The van der Waals surface area contributed by atoms with Gasteiger partial charge in [0.2, 0.25) is 0 Å². The highest BCUT2D eigenvalue weighted by Crippen LogP contribution is 2.37. The Hall–Kier alpha value is -1.42. The first-order chi connectivity index (χ1) is 8.02. The van der Waals surface area contributed by atoms with E-state index in [1.165, 1.54) is 12.1 Å². The van der Waals surface area contributed by atoms with Crippen LogP contribution in [-0.2, 0) is 10.3 Å². The number of aliphatic carboxylic acids is 1. The summed E-state index contributed by atoms with van der Waals surface area (Å²) >= 11 is 0. The number of carboxylic acid groups (broad SMARTS) is 1. The molecule has 0 bridgehead atoms. The highest BCUT2D eigenvalue weighted by atomic mass is 19.1. The van der Waals surface area contributed by atoms with Crippen molar-refractivity contribution in [1.82, 2.24) is 5.32 Å². The van der Waals surface area contributed by atoms with Crippen LogP contribution in [0.15, 0.2) is 24.3 Å². The Morgan fingerprint density at radius 3 is 2.76 bits per heavy atom. The summed E-state index contributed by atoms with van der Waals surface area (Å²) in [5.41, 5.74) is 0.578. The van der Waals surface area contributed by atoms with Crippen LogP contribution in [0.2, 0.25) is 0 Å². The van der Waals surface area contributed by atoms with Crippen molar-refractivity contribution < 1.29 is 14.3 Å². The number of carbonyl (C=O) groups is 1. The summed E-state index contributed by atoms with van der Waals surface area (Å²) in [6, 6.07) is 6.28. The van der Waals surface area contributed by atoms with E-state index in [9.17, 15) is 9.18 Å². The summed E-state index contributed by atoms with van der Waals surface area (Å²) in [6.45, 7) is 2.78. The molecule has 3 nitrogen and oxygen atoms in total. The Balaban J connectivity index is 2.27. The molecule has 92 valence electrons. The minimum Gasteiger partial charge on any atom is -0.481 e. The van der Waals surface area contributed by atoms with Crippen LogP contribution in [0.5, 0.6) is 0 Å². The van der Waals surface area contributed by atoms with Crippen molar-refractivity contribution in [2.24, 2.45) is 5.92 Å². The monoisotopic (exact) mass is 237 g/mol. The van der Waals surface area contributed by atoms with Crippen LogP contribution >= 0.6 is 0 Å². The zero-order valence-corrected chi connectivity index (χ0v) is 9.74. The van der Waals surface area contributed by atoms with Crippen molar-refractivity contribution in [3.8, 4) is 0 Å². The number of hydrogen-bond acceptors (Lipinski definition) is 2. The van der Waals surface area contributed by atoms with Gasteiger partial charge >= 0.3 is 5.97 Å². The maximum atomic E-state index is 12.9. The maximum absolute atomic E-state index is 12.9. The molecule has 2 N–H and O–H groups in total. The summed E-state index contributed by atoms with van der Waals surface area (Å²) in [5.74, 6) is -1.01. The van der Waals surface area contributed by atoms with E-state index in [1.807, 2.05) is 6.92 Å². The number of nitrogens with one attached hydrogen (secondary N) is 1. The number of benzene rings is 1. The van der Waals surface area contributed by atoms with Crippen LogP contribution < -0.4 is 5.32 Å². The number of rotatable bonds is 3. The molecule has 1 heterocycles. The van der Waals surface area contributed by atoms with Crippen LogP contribution in [0, 0.1) is 11.7 Å². The second-order valence-corrected chi connectivity index (χ2v) is 4.72. The highest BCUT2D eigenvalue weighted by Gasteiger charge is 2.40. The van der Waals surface area contributed by atoms with Crippen molar-refractivity contribution in [3.05, 3.63) is 35.6 Å². The normalized spacial score (nSPS) is 28.2. The summed E-state index contributed by atoms with van der Waals surface area (Å²) in [6.07, 6.45) is 0.973. The quantitative estimate of drug-likeness (QED) is 0.846. The zero-order chi connectivity index (χ0) is 12.5. The van der Waals surface area contributed by atoms with E-state index in [0.717, 1.165) is 18.5 Å². The first-order valence-electron chi connectivity index (χ1n) is 5.75. The fourth-order valence-corrected chi connectivity index (χ4v) is 2.59. The topological polar surface area (TPSA) is 49.3 Å². The molecule has 0 aromatic heterocycles. The summed E-state index contributed by atoms with van der Waals surface area (Å²) in [7, 11) is 0. The molecule has 1 aromatic rings. The fraction of sp³-hybridized carbons (Fsp3) is 0.462. The Bertz CT molecular complexity index is 418. The van der Waals surface area contributed by atoms with Crippen molar-refractivity contribution in [1.29, 1.82) is 0 Å². The van der Waals surface area contributed by atoms with Crippen LogP contribution in [0.1, 0.15) is 25.3 Å². The lowest BCUT2D eigenvalue weighted by Gasteiger charge is -2.31. The van der Waals surface area contributed by atoms with Crippen LogP contribution in [0.4, 0.5) is 4.39 Å². The molecule has 1 aromatic carbocycles. The van der Waals surface area contributed by atoms with Crippen molar-refractivity contribution in [3.63, 3.8) is 0 Å². The van der Waals surface area contributed by atoms with Crippen molar-refractivity contribution in [2.45, 2.75) is 25.3 Å². The summed E-state index contributed by atoms with van der Waals surface area (Å²) < 4.78 is 12.9. The van der Waals surface area contributed by atoms with Crippen LogP contribution in [0.3, 0.4) is 0 Å². The minimum absolute atomic E-state index is 0.0467. The molecule has 0 amide bonds. The molecule has 1 saturated heterocycles. The standard InChI is InChI=1S/C13H16FNO2/c1-13(9-2-4-11(14)5-3-9)10(6-7-15-13)8-12(16)17/h2-5,10,15H,6-8H2,1H3,(H,16,17). The van der Waals surface area contributed by atoms with Crippen LogP contribution in [0.25, 0.3) is 0 Å². The van der Waals surface area contributed by atoms with Crippen LogP contribution in [-0.4, -0.2) is 17.6 Å². The summed E-state index contributed by atoms with van der Waals surface area (Å²) in [5, 5.41) is 12.2. The number of carboxylic acids is 1. The average molecular weight is 237 g/mol. The van der Waals surface area contributed by atoms with Gasteiger partial charge in [-0.3, -0.25) is 4.79 Å². The van der Waals surface area contributed by atoms with Gasteiger partial charge in [-0.1, -0.05) is 12.1 Å². The van der Waals surface area contributed by atoms with Gasteiger partial charge in [-0.05, 0) is 43.5 Å². The van der Waals surface area contributed by atoms with Gasteiger partial charge in [0, 0.05) is 5.54 Å². The predicted molar refractivity (Wildman–Crippen MR) is 62.1 cm³/mol. The molecular weight excluding hydrogens is 221 g/mol. The van der Waals surface area contributed by atoms with E-state index in [-0.39, 0.29) is 23.7 Å². The highest BCUT2D eigenvalue weighted by molar-refractivity contribution is 5.67. The largest absolute Gasteiger partial charge is 0.481 e. The molecule has 0 saturated carbocycles. The Morgan fingerprint density at radius 2 is 2.18 bits per heavy atom. The molecule has 1 aliphatic rings. The third kappa shape index (κ3) is 2.31. The third-order valence-corrected chi connectivity index (χ3v) is 3.67. The fourth-order valence-electron chi connectivity index (χ4n) is 2.59. The molecular formula is C13H16FNO2. The Morgan fingerprint density at radius 1 is 1.53 bits per heavy atom. The molecule has 2 atom stereocenters. The van der Waals surface area contributed by atoms with E-state index >= 15 is 0 Å². The molecule has 0 spiro atoms. The Labute approximate surface area is 99.7 Å². The summed E-state index contributed by atoms with van der Waals surface area (Å²) in [4.78, 5) is 10.8. The zero-order valence-electron chi connectivity index (χ0n) is 9.74. The van der Waals surface area contributed by atoms with Gasteiger partial charge in [-0.2, -0.15) is 0 Å². The molecule has 0 aliphatic carbocycles. The van der Waals surface area contributed by atoms with Crippen molar-refractivity contribution in [2.75, 3.05) is 6.54 Å². The van der Waals surface area contributed by atoms with E-state index in [1.54, 1.807) is 12.1 Å². The predicted octanol–water partition coefficient (Wildman–Crippen LogP) is 2.13. The molecule has 17 heavy (non-hydrogen) atoms. The van der Waals surface area contributed by atoms with E-state index < -0.39 is 5.97 Å². The van der Waals surface area contributed by atoms with E-state index in [0.29, 0.717) is 0 Å². The first-order valence-corrected chi connectivity index (χ1v) is 5.75. The lowest BCUT2D eigenvalue weighted by atomic mass is 9.79.